The van der Waals surface area contributed by atoms with Crippen LogP contribution in [-0.4, -0.2) is 122 Å². The van der Waals surface area contributed by atoms with Gasteiger partial charge < -0.3 is 50.3 Å². The second-order valence-electron chi connectivity index (χ2n) is 21.5. The first-order valence-electron chi connectivity index (χ1n) is 39.0. The quantitative estimate of drug-likeness (QED) is 0.0176. The normalized spacial score (nSPS) is 12.8. The zero-order chi connectivity index (χ0) is 88.9. The Morgan fingerprint density at radius 3 is 0.844 bits per heavy atom. The van der Waals surface area contributed by atoms with Crippen molar-refractivity contribution in [2.45, 2.75) is 276 Å². The summed E-state index contributed by atoms with van der Waals surface area (Å²) in [5, 5.41) is 22.1. The molecule has 0 saturated carbocycles. The van der Waals surface area contributed by atoms with Crippen molar-refractivity contribution in [1.29, 1.82) is 0 Å². The molecule has 0 heterocycles. The molecule has 2 amide bonds. The van der Waals surface area contributed by atoms with E-state index in [1.807, 2.05) is 253 Å². The summed E-state index contributed by atoms with van der Waals surface area (Å²) in [4.78, 5) is 103. The largest absolute Gasteiger partial charge is 1.00 e. The summed E-state index contributed by atoms with van der Waals surface area (Å²) in [5.74, 6) is -12.5. The summed E-state index contributed by atoms with van der Waals surface area (Å²) in [6, 6.07) is 35.7. The predicted octanol–water partition coefficient (Wildman–Crippen LogP) is 16.2. The molecule has 0 spiro atoms. The summed E-state index contributed by atoms with van der Waals surface area (Å²) in [7, 11) is 5.06. The molecule has 6 N–H and O–H groups in total. The van der Waals surface area contributed by atoms with E-state index in [0.29, 0.717) is 25.3 Å². The van der Waals surface area contributed by atoms with Gasteiger partial charge in [0.2, 0.25) is 17.5 Å². The van der Waals surface area contributed by atoms with E-state index in [0.717, 1.165) is 75.5 Å². The molecular formula is C88H148F2KN3O15. The number of halogens is 2. The third kappa shape index (κ3) is 60.4. The molecule has 5 aromatic rings. The average molecular weight is 1570 g/mol. The van der Waals surface area contributed by atoms with Gasteiger partial charge >= 0.3 is 87.2 Å². The van der Waals surface area contributed by atoms with E-state index >= 15 is 0 Å². The monoisotopic (exact) mass is 1570 g/mol. The number of amides is 2. The Balaban J connectivity index is -0.000000120. The van der Waals surface area contributed by atoms with Crippen LogP contribution in [0.3, 0.4) is 0 Å². The minimum Gasteiger partial charge on any atom is -0.539 e. The van der Waals surface area contributed by atoms with Gasteiger partial charge in [0.1, 0.15) is 18.1 Å². The van der Waals surface area contributed by atoms with Gasteiger partial charge in [-0.05, 0) is 95.5 Å². The van der Waals surface area contributed by atoms with Crippen LogP contribution < -0.4 is 67.8 Å². The Labute approximate surface area is 705 Å². The van der Waals surface area contributed by atoms with Crippen LogP contribution in [0.15, 0.2) is 121 Å². The molecule has 0 aliphatic rings. The number of ether oxygens (including phenoxy) is 4. The number of nitrogens with two attached hydrogens (primary N) is 1. The molecular weight excluding hydrogens is 1420 g/mol. The number of esters is 4. The van der Waals surface area contributed by atoms with Gasteiger partial charge in [0.15, 0.2) is 0 Å². The molecule has 9 unspecified atom stereocenters. The van der Waals surface area contributed by atoms with Crippen molar-refractivity contribution in [3.05, 3.63) is 177 Å². The van der Waals surface area contributed by atoms with Gasteiger partial charge in [0, 0.05) is 27.1 Å². The van der Waals surface area contributed by atoms with Crippen LogP contribution in [0.5, 0.6) is 0 Å². The Morgan fingerprint density at radius 1 is 0.404 bits per heavy atom. The molecule has 5 rings (SSSR count). The number of aryl methyl sites for hydroxylation is 5. The first-order valence-corrected chi connectivity index (χ1v) is 38.0. The second-order valence-corrected chi connectivity index (χ2v) is 21.5. The number of carboxylic acids is 2. The maximum absolute atomic E-state index is 14.3. The maximum atomic E-state index is 14.3. The number of aliphatic carboxylic acids is 2. The Bertz CT molecular complexity index is 3070. The summed E-state index contributed by atoms with van der Waals surface area (Å²) in [6.45, 7) is 56.7. The van der Waals surface area contributed by atoms with Crippen LogP contribution in [-0.2, 0) is 94.2 Å². The van der Waals surface area contributed by atoms with Crippen LogP contribution in [0.2, 0.25) is 0 Å². The number of methoxy groups -OCH3 is 4. The number of carbonyl (C=O) groups excluding carboxylic acids is 7. The number of hydrogen-bond acceptors (Lipinski definition) is 14. The van der Waals surface area contributed by atoms with E-state index in [1.165, 1.54) is 36.5 Å². The number of nitrogens with one attached hydrogen (secondary N) is 2. The first kappa shape index (κ1) is 120. The third-order valence-electron chi connectivity index (χ3n) is 13.8. The van der Waals surface area contributed by atoms with Crippen molar-refractivity contribution < 1.29 is 135 Å². The van der Waals surface area contributed by atoms with Crippen molar-refractivity contribution in [1.82, 2.24) is 10.6 Å². The van der Waals surface area contributed by atoms with Gasteiger partial charge in [0.05, 0.1) is 46.2 Å². The summed E-state index contributed by atoms with van der Waals surface area (Å²) in [6.07, 6.45) is 3.10. The summed E-state index contributed by atoms with van der Waals surface area (Å²) >= 11 is 0. The standard InChI is InChI=1S/C17H22FNO5.C17H21FNO4.C12H16O2.C11H15NO2.C11H14O2.10C2H6.K/c1-10-5-7-12(8-6-10)9-13(15(21)24-4)19-14(20)11(2)17(3,18)16(22)23;1-11-5-7-13(8-6-11)9-14(16(22)23-4)19-15(21)12(2)17(3,18)10-20;1-9-4-6-11(7-5-9)8-10(2)12(13)14-3;1-8-3-5-9(6-4-8)7-10(12)11(13)14-2;1-8-3-5-10(6-4-8)7-9(2)11(12)13;10*1-2;/h5-8,11,13H,9H2,1-4H3,(H,19,20)(H,22,23);5-8,12,14H,9H2,1-4H3,(H,19,21);4-7,10H,8H2,1-3H3;3-6,10H,7,12H2,1-2H3;3-6,9H,7H2,1-2H3,(H,12,13);10*1-2H3;/q;-1;;;;;;;;;;;;;;+1/i11D;12D;;;;;;;;;;;;;;. The smallest absolute Gasteiger partial charge is 0.539 e. The third-order valence-corrected chi connectivity index (χ3v) is 13.8. The minimum absolute atomic E-state index is 0. The zero-order valence-corrected chi connectivity index (χ0v) is 77.1. The van der Waals surface area contributed by atoms with Gasteiger partial charge in [-0.1, -0.05) is 315 Å². The Morgan fingerprint density at radius 2 is 0.624 bits per heavy atom. The predicted molar refractivity (Wildman–Crippen MR) is 444 cm³/mol. The van der Waals surface area contributed by atoms with E-state index in [2.05, 4.69) is 53.8 Å². The number of rotatable bonds is 23. The van der Waals surface area contributed by atoms with E-state index in [-0.39, 0.29) is 88.0 Å². The summed E-state index contributed by atoms with van der Waals surface area (Å²) in [5.41, 5.74) is 10.1. The molecule has 21 heteroatoms. The van der Waals surface area contributed by atoms with Crippen LogP contribution in [0, 0.1) is 58.2 Å². The van der Waals surface area contributed by atoms with Crippen LogP contribution in [0.1, 0.15) is 238 Å². The molecule has 0 aromatic heterocycles. The van der Waals surface area contributed by atoms with Crippen LogP contribution in [0.25, 0.3) is 0 Å². The second kappa shape index (κ2) is 80.5. The van der Waals surface area contributed by atoms with Crippen molar-refractivity contribution in [2.24, 2.45) is 29.4 Å². The van der Waals surface area contributed by atoms with Gasteiger partial charge in [0.25, 0.3) is 0 Å². The first-order chi connectivity index (χ1) is 51.8. The molecule has 0 aliphatic heterocycles. The van der Waals surface area contributed by atoms with Gasteiger partial charge in [-0.15, -0.1) is 0 Å². The van der Waals surface area contributed by atoms with E-state index in [1.54, 1.807) is 31.2 Å². The Kier molecular flexibility index (Phi) is 88.8. The molecule has 18 nitrogen and oxygen atoms in total. The van der Waals surface area contributed by atoms with Gasteiger partial charge in [-0.3, -0.25) is 28.4 Å². The molecule has 0 saturated heterocycles. The molecule has 0 bridgehead atoms. The van der Waals surface area contributed by atoms with Crippen molar-refractivity contribution in [3.8, 4) is 0 Å². The molecule has 5 aromatic carbocycles. The molecule has 109 heavy (non-hydrogen) atoms. The fraction of sp³-hybridized carbons (Fsp3) is 0.557. The van der Waals surface area contributed by atoms with Crippen LogP contribution in [0.4, 0.5) is 8.78 Å². The SMILES string of the molecule is CC.CC.CC.CC.CC.CC.CC.CC.CC.CC.COC(=O)C(C)Cc1ccc(C)cc1.COC(=O)C(N)Cc1ccc(C)cc1.Cc1ccc(CC(C)C(=O)O)cc1.[2H]C(C)(C(=O)NC(Cc1ccc(C)cc1)C(=O)OC)C(C)(F)C(=O)O.[2H]C(C)(C(=O)NC(Cc1ccc(C)cc1)C(=O)OC)C(C)(F)[C-]=O.[K+]. The molecule has 0 fully saturated rings. The van der Waals surface area contributed by atoms with E-state index in [9.17, 15) is 51.9 Å². The number of hydrogen-bond donors (Lipinski definition) is 5. The topological polar surface area (TPSA) is 281 Å². The average Bonchev–Trinajstić information content (AvgIpc) is 0.792. The van der Waals surface area contributed by atoms with Gasteiger partial charge in [-0.2, -0.15) is 0 Å². The molecule has 0 radical (unpaired) electrons. The minimum atomic E-state index is -3.14. The van der Waals surface area contributed by atoms with Crippen molar-refractivity contribution in [2.75, 3.05) is 28.4 Å². The van der Waals surface area contributed by atoms with Crippen molar-refractivity contribution in [3.63, 3.8) is 0 Å². The maximum Gasteiger partial charge on any atom is 1.00 e. The fourth-order valence-corrected chi connectivity index (χ4v) is 7.53. The number of carbonyl (C=O) groups is 8. The van der Waals surface area contributed by atoms with Crippen molar-refractivity contribution >= 4 is 53.9 Å². The molecule has 9 atom stereocenters. The number of carboxylic acid groups (broad SMARTS) is 2. The number of alkyl halides is 2. The summed E-state index contributed by atoms with van der Waals surface area (Å²) < 4.78 is 62.5. The Hall–Kier alpha value is -7.01. The van der Waals surface area contributed by atoms with E-state index < -0.39 is 76.9 Å². The fourth-order valence-electron chi connectivity index (χ4n) is 7.53. The van der Waals surface area contributed by atoms with Gasteiger partial charge in [-0.25, -0.2) is 25.1 Å². The van der Waals surface area contributed by atoms with E-state index in [4.69, 9.17) is 18.7 Å². The van der Waals surface area contributed by atoms with Crippen LogP contribution >= 0.6 is 0 Å². The zero-order valence-electron chi connectivity index (χ0n) is 76.0. The molecule has 0 aliphatic carbocycles. The number of benzene rings is 5. The molecule has 620 valence electrons.